The van der Waals surface area contributed by atoms with Crippen molar-refractivity contribution in [2.45, 2.75) is 70.0 Å². The van der Waals surface area contributed by atoms with E-state index in [1.165, 1.54) is 23.1 Å². The third-order valence-electron chi connectivity index (χ3n) is 7.27. The van der Waals surface area contributed by atoms with Crippen LogP contribution in [-0.2, 0) is 26.2 Å². The predicted octanol–water partition coefficient (Wildman–Crippen LogP) is 5.11. The van der Waals surface area contributed by atoms with Crippen molar-refractivity contribution >= 4 is 27.5 Å². The second-order valence-corrected chi connectivity index (χ2v) is 12.3. The summed E-state index contributed by atoms with van der Waals surface area (Å²) in [6.45, 7) is 4.55. The molecule has 0 aliphatic heterocycles. The molecule has 40 heavy (non-hydrogen) atoms. The fraction of sp³-hybridized carbons (Fsp3) is 0.355. The number of nitrogens with zero attached hydrogens (tertiary/aromatic N) is 2. The fourth-order valence-corrected chi connectivity index (χ4v) is 6.55. The first-order chi connectivity index (χ1) is 19.1. The average molecular weight is 566 g/mol. The summed E-state index contributed by atoms with van der Waals surface area (Å²) in [4.78, 5) is 28.5. The van der Waals surface area contributed by atoms with E-state index >= 15 is 0 Å². The Labute approximate surface area is 236 Å². The van der Waals surface area contributed by atoms with Gasteiger partial charge in [-0.15, -0.1) is 0 Å². The largest absolute Gasteiger partial charge is 0.352 e. The Morgan fingerprint density at radius 1 is 0.950 bits per heavy atom. The van der Waals surface area contributed by atoms with Gasteiger partial charge in [0.2, 0.25) is 11.8 Å². The van der Waals surface area contributed by atoms with Crippen molar-refractivity contribution in [1.29, 1.82) is 0 Å². The minimum absolute atomic E-state index is 0.0330. The molecular weight excluding hydrogens is 529 g/mol. The van der Waals surface area contributed by atoms with Gasteiger partial charge >= 0.3 is 0 Å². The number of nitrogens with one attached hydrogen (secondary N) is 1. The Hall–Kier alpha value is -3.72. The summed E-state index contributed by atoms with van der Waals surface area (Å²) in [7, 11) is -4.15. The second kappa shape index (κ2) is 12.6. The van der Waals surface area contributed by atoms with Gasteiger partial charge in [0.25, 0.3) is 10.0 Å². The lowest BCUT2D eigenvalue weighted by Crippen LogP contribution is -2.52. The van der Waals surface area contributed by atoms with Crippen molar-refractivity contribution in [3.63, 3.8) is 0 Å². The standard InChI is InChI=1S/C31H36FN3O4S/c1-22-17-23(2)19-27(18-22)35(40(38,39)28-14-5-4-6-15-28)21-30(36)34(20-25-11-7-10-16-29(25)32)24(3)31(37)33-26-12-8-9-13-26/h4-7,10-11,14-19,24,26H,8-9,12-13,20-21H2,1-3H3,(H,33,37)/t24-/m1/s1. The van der Waals surface area contributed by atoms with Crippen LogP contribution < -0.4 is 9.62 Å². The highest BCUT2D eigenvalue weighted by Gasteiger charge is 2.33. The van der Waals surface area contributed by atoms with Gasteiger partial charge < -0.3 is 10.2 Å². The highest BCUT2D eigenvalue weighted by molar-refractivity contribution is 7.92. The van der Waals surface area contributed by atoms with Crippen molar-refractivity contribution in [3.8, 4) is 0 Å². The Balaban J connectivity index is 1.71. The predicted molar refractivity (Wildman–Crippen MR) is 154 cm³/mol. The lowest BCUT2D eigenvalue weighted by molar-refractivity contribution is -0.139. The number of aryl methyl sites for hydroxylation is 2. The fourth-order valence-electron chi connectivity index (χ4n) is 5.13. The zero-order valence-corrected chi connectivity index (χ0v) is 24.0. The van der Waals surface area contributed by atoms with Gasteiger partial charge in [0.15, 0.2) is 0 Å². The van der Waals surface area contributed by atoms with E-state index < -0.39 is 34.3 Å². The molecule has 1 aliphatic rings. The van der Waals surface area contributed by atoms with E-state index in [1.54, 1.807) is 55.5 Å². The van der Waals surface area contributed by atoms with Crippen LogP contribution in [0.3, 0.4) is 0 Å². The second-order valence-electron chi connectivity index (χ2n) is 10.4. The van der Waals surface area contributed by atoms with Gasteiger partial charge in [0, 0.05) is 18.2 Å². The molecule has 0 radical (unpaired) electrons. The molecule has 1 atom stereocenters. The zero-order chi connectivity index (χ0) is 28.9. The summed E-state index contributed by atoms with van der Waals surface area (Å²) in [5, 5.41) is 3.01. The summed E-state index contributed by atoms with van der Waals surface area (Å²) >= 11 is 0. The Kier molecular flexibility index (Phi) is 9.25. The number of amides is 2. The van der Waals surface area contributed by atoms with E-state index in [-0.39, 0.29) is 29.0 Å². The number of halogens is 1. The van der Waals surface area contributed by atoms with Crippen molar-refractivity contribution in [1.82, 2.24) is 10.2 Å². The zero-order valence-electron chi connectivity index (χ0n) is 23.1. The van der Waals surface area contributed by atoms with Gasteiger partial charge in [-0.1, -0.05) is 55.3 Å². The van der Waals surface area contributed by atoms with Crippen LogP contribution >= 0.6 is 0 Å². The van der Waals surface area contributed by atoms with Crippen LogP contribution in [0.25, 0.3) is 0 Å². The summed E-state index contributed by atoms with van der Waals surface area (Å²) in [6, 6.07) is 18.4. The highest BCUT2D eigenvalue weighted by Crippen LogP contribution is 2.27. The first kappa shape index (κ1) is 29.3. The van der Waals surface area contributed by atoms with Crippen molar-refractivity contribution in [2.75, 3.05) is 10.8 Å². The van der Waals surface area contributed by atoms with Gasteiger partial charge in [0.05, 0.1) is 10.6 Å². The van der Waals surface area contributed by atoms with E-state index in [2.05, 4.69) is 5.32 Å². The molecule has 0 spiro atoms. The first-order valence-electron chi connectivity index (χ1n) is 13.6. The SMILES string of the molecule is Cc1cc(C)cc(N(CC(=O)N(Cc2ccccc2F)[C@H](C)C(=O)NC2CCCC2)S(=O)(=O)c2ccccc2)c1. The number of rotatable bonds is 10. The molecule has 0 saturated heterocycles. The van der Waals surface area contributed by atoms with E-state index in [4.69, 9.17) is 0 Å². The highest BCUT2D eigenvalue weighted by atomic mass is 32.2. The Morgan fingerprint density at radius 3 is 2.17 bits per heavy atom. The number of hydrogen-bond donors (Lipinski definition) is 1. The topological polar surface area (TPSA) is 86.8 Å². The number of benzene rings is 3. The minimum atomic E-state index is -4.15. The molecule has 0 aromatic heterocycles. The van der Waals surface area contributed by atoms with Crippen molar-refractivity contribution in [3.05, 3.63) is 95.3 Å². The number of sulfonamides is 1. The van der Waals surface area contributed by atoms with Crippen LogP contribution in [0.1, 0.15) is 49.3 Å². The molecule has 3 aromatic rings. The van der Waals surface area contributed by atoms with Gasteiger partial charge in [-0.2, -0.15) is 0 Å². The van der Waals surface area contributed by atoms with Crippen LogP contribution in [0.15, 0.2) is 77.7 Å². The van der Waals surface area contributed by atoms with Crippen molar-refractivity contribution < 1.29 is 22.4 Å². The van der Waals surface area contributed by atoms with E-state index in [0.29, 0.717) is 5.69 Å². The van der Waals surface area contributed by atoms with E-state index in [9.17, 15) is 22.4 Å². The minimum Gasteiger partial charge on any atom is -0.352 e. The molecule has 7 nitrogen and oxygen atoms in total. The van der Waals surface area contributed by atoms with Crippen LogP contribution in [0.5, 0.6) is 0 Å². The quantitative estimate of drug-likeness (QED) is 0.370. The summed E-state index contributed by atoms with van der Waals surface area (Å²) in [6.07, 6.45) is 3.80. The third-order valence-corrected chi connectivity index (χ3v) is 9.06. The first-order valence-corrected chi connectivity index (χ1v) is 15.0. The summed E-state index contributed by atoms with van der Waals surface area (Å²) < 4.78 is 43.5. The molecule has 1 fully saturated rings. The lowest BCUT2D eigenvalue weighted by atomic mass is 10.1. The molecule has 0 bridgehead atoms. The Morgan fingerprint density at radius 2 is 1.55 bits per heavy atom. The van der Waals surface area contributed by atoms with Gasteiger partial charge in [-0.25, -0.2) is 12.8 Å². The van der Waals surface area contributed by atoms with Gasteiger partial charge in [0.1, 0.15) is 18.4 Å². The average Bonchev–Trinajstić information content (AvgIpc) is 3.43. The van der Waals surface area contributed by atoms with Crippen LogP contribution in [0.4, 0.5) is 10.1 Å². The number of carbonyl (C=O) groups is 2. The van der Waals surface area contributed by atoms with Gasteiger partial charge in [-0.3, -0.25) is 13.9 Å². The monoisotopic (exact) mass is 565 g/mol. The molecule has 3 aromatic carbocycles. The smallest absolute Gasteiger partial charge is 0.264 e. The van der Waals surface area contributed by atoms with Gasteiger partial charge in [-0.05, 0) is 75.1 Å². The molecule has 4 rings (SSSR count). The van der Waals surface area contributed by atoms with Crippen LogP contribution in [0.2, 0.25) is 0 Å². The third kappa shape index (κ3) is 6.88. The normalized spacial score (nSPS) is 14.5. The molecule has 2 amide bonds. The summed E-state index contributed by atoms with van der Waals surface area (Å²) in [5.41, 5.74) is 2.25. The molecule has 9 heteroatoms. The number of carbonyl (C=O) groups excluding carboxylic acids is 2. The molecule has 1 N–H and O–H groups in total. The lowest BCUT2D eigenvalue weighted by Gasteiger charge is -2.32. The van der Waals surface area contributed by atoms with E-state index in [1.807, 2.05) is 19.9 Å². The number of hydrogen-bond acceptors (Lipinski definition) is 4. The molecule has 212 valence electrons. The molecule has 0 heterocycles. The van der Waals surface area contributed by atoms with Crippen LogP contribution in [0, 0.1) is 19.7 Å². The molecule has 0 unspecified atom stereocenters. The summed E-state index contributed by atoms with van der Waals surface area (Å²) in [5.74, 6) is -1.47. The Bertz CT molecular complexity index is 1440. The molecule has 1 aliphatic carbocycles. The maximum atomic E-state index is 14.7. The molecular formula is C31H36FN3O4S. The number of anilines is 1. The molecule has 1 saturated carbocycles. The maximum absolute atomic E-state index is 14.7. The van der Waals surface area contributed by atoms with Crippen molar-refractivity contribution in [2.24, 2.45) is 0 Å². The maximum Gasteiger partial charge on any atom is 0.264 e. The van der Waals surface area contributed by atoms with Crippen LogP contribution in [-0.4, -0.2) is 43.8 Å². The van der Waals surface area contributed by atoms with E-state index in [0.717, 1.165) is 41.1 Å².